The highest BCUT2D eigenvalue weighted by Gasteiger charge is 2.60. The fraction of sp³-hybridized carbons (Fsp3) is 0.647. The van der Waals surface area contributed by atoms with Gasteiger partial charge in [-0.25, -0.2) is 0 Å². The summed E-state index contributed by atoms with van der Waals surface area (Å²) < 4.78 is 71.0. The van der Waals surface area contributed by atoms with Gasteiger partial charge in [-0.3, -0.25) is 10.1 Å². The van der Waals surface area contributed by atoms with Crippen LogP contribution in [0.5, 0.6) is 5.75 Å². The molecule has 0 unspecified atom stereocenters. The molecule has 0 aliphatic carbocycles. The molecule has 0 saturated carbocycles. The molecular weight excluding hydrogens is 375 g/mol. The van der Waals surface area contributed by atoms with Gasteiger partial charge in [0.2, 0.25) is 0 Å². The maximum absolute atomic E-state index is 13.8. The number of rotatable bonds is 6. The number of nitro groups is 1. The van der Waals surface area contributed by atoms with Gasteiger partial charge < -0.3 is 9.64 Å². The summed E-state index contributed by atoms with van der Waals surface area (Å²) in [7, 11) is 0. The molecule has 1 saturated heterocycles. The van der Waals surface area contributed by atoms with Gasteiger partial charge >= 0.3 is 12.1 Å². The minimum atomic E-state index is -5.83. The first-order chi connectivity index (χ1) is 12.4. The van der Waals surface area contributed by atoms with Crippen LogP contribution in [-0.4, -0.2) is 41.7 Å². The Morgan fingerprint density at radius 2 is 1.81 bits per heavy atom. The zero-order valence-corrected chi connectivity index (χ0v) is 14.9. The molecule has 27 heavy (non-hydrogen) atoms. The molecule has 0 spiro atoms. The van der Waals surface area contributed by atoms with E-state index in [-0.39, 0.29) is 12.5 Å². The van der Waals surface area contributed by atoms with Crippen molar-refractivity contribution in [2.45, 2.75) is 44.8 Å². The lowest BCUT2D eigenvalue weighted by molar-refractivity contribution is -0.385. The number of benzene rings is 1. The minimum Gasteiger partial charge on any atom is -0.493 e. The summed E-state index contributed by atoms with van der Waals surface area (Å²) >= 11 is 0. The molecule has 1 fully saturated rings. The van der Waals surface area contributed by atoms with Gasteiger partial charge in [0.15, 0.2) is 0 Å². The van der Waals surface area contributed by atoms with Crippen LogP contribution < -0.4 is 4.74 Å². The standard InChI is InChI=1S/C17H21F5N2O3/c1-11(2)23-7-5-12(6-8-23)10-27-15-9-13(24(25)26)3-4-14(15)16(18,19)17(20,21)22/h3-4,9,11-12H,5-8,10H2,1-2H3. The topological polar surface area (TPSA) is 55.6 Å². The number of likely N-dealkylation sites (tertiary alicyclic amines) is 1. The average molecular weight is 396 g/mol. The fourth-order valence-corrected chi connectivity index (χ4v) is 3.00. The largest absolute Gasteiger partial charge is 0.493 e. The highest BCUT2D eigenvalue weighted by atomic mass is 19.4. The Morgan fingerprint density at radius 1 is 1.22 bits per heavy atom. The van der Waals surface area contributed by atoms with Gasteiger partial charge in [0.25, 0.3) is 5.69 Å². The summed E-state index contributed by atoms with van der Waals surface area (Å²) in [5.74, 6) is -6.00. The van der Waals surface area contributed by atoms with Crippen molar-refractivity contribution >= 4 is 5.69 Å². The van der Waals surface area contributed by atoms with E-state index in [1.807, 2.05) is 13.8 Å². The highest BCUT2D eigenvalue weighted by Crippen LogP contribution is 2.48. The van der Waals surface area contributed by atoms with Crippen molar-refractivity contribution in [2.24, 2.45) is 5.92 Å². The molecule has 0 atom stereocenters. The van der Waals surface area contributed by atoms with Crippen molar-refractivity contribution in [3.8, 4) is 5.75 Å². The third-order valence-corrected chi connectivity index (χ3v) is 4.72. The van der Waals surface area contributed by atoms with E-state index in [4.69, 9.17) is 4.74 Å². The molecular formula is C17H21F5N2O3. The molecule has 0 bridgehead atoms. The van der Waals surface area contributed by atoms with E-state index < -0.39 is 34.0 Å². The van der Waals surface area contributed by atoms with E-state index in [1.165, 1.54) is 0 Å². The first kappa shape index (κ1) is 21.3. The Hall–Kier alpha value is -1.97. The molecule has 1 heterocycles. The second kappa shape index (κ2) is 7.95. The van der Waals surface area contributed by atoms with Gasteiger partial charge in [-0.05, 0) is 51.8 Å². The number of nitrogens with zero attached hydrogens (tertiary/aromatic N) is 2. The van der Waals surface area contributed by atoms with Gasteiger partial charge in [0.05, 0.1) is 23.2 Å². The maximum atomic E-state index is 13.8. The predicted molar refractivity (Wildman–Crippen MR) is 88.0 cm³/mol. The number of halogens is 5. The van der Waals surface area contributed by atoms with Crippen molar-refractivity contribution in [1.82, 2.24) is 4.90 Å². The normalized spacial score (nSPS) is 17.3. The van der Waals surface area contributed by atoms with Crippen molar-refractivity contribution in [3.63, 3.8) is 0 Å². The number of hydrogen-bond acceptors (Lipinski definition) is 4. The first-order valence-electron chi connectivity index (χ1n) is 8.53. The molecule has 1 aliphatic rings. The van der Waals surface area contributed by atoms with E-state index in [2.05, 4.69) is 4.90 Å². The lowest BCUT2D eigenvalue weighted by Gasteiger charge is -2.34. The summed E-state index contributed by atoms with van der Waals surface area (Å²) in [4.78, 5) is 12.2. The summed E-state index contributed by atoms with van der Waals surface area (Å²) in [5, 5.41) is 10.9. The zero-order chi connectivity index (χ0) is 20.4. The lowest BCUT2D eigenvalue weighted by Crippen LogP contribution is -2.39. The SMILES string of the molecule is CC(C)N1CCC(COc2cc([N+](=O)[O-])ccc2C(F)(F)C(F)(F)F)CC1. The minimum absolute atomic E-state index is 0.0216. The number of ether oxygens (including phenoxy) is 1. The van der Waals surface area contributed by atoms with Gasteiger partial charge in [-0.15, -0.1) is 0 Å². The van der Waals surface area contributed by atoms with Crippen molar-refractivity contribution < 1.29 is 31.6 Å². The number of non-ortho nitro benzene ring substituents is 1. The highest BCUT2D eigenvalue weighted by molar-refractivity contribution is 5.46. The molecule has 1 aliphatic heterocycles. The summed E-state index contributed by atoms with van der Waals surface area (Å²) in [6, 6.07) is 2.00. The average Bonchev–Trinajstić information content (AvgIpc) is 2.58. The maximum Gasteiger partial charge on any atom is 0.458 e. The Balaban J connectivity index is 2.19. The van der Waals surface area contributed by atoms with E-state index in [0.29, 0.717) is 37.1 Å². The van der Waals surface area contributed by atoms with Crippen LogP contribution in [0.3, 0.4) is 0 Å². The predicted octanol–water partition coefficient (Wildman–Crippen LogP) is 4.75. The number of piperidine rings is 1. The molecule has 152 valence electrons. The molecule has 0 amide bonds. The molecule has 5 nitrogen and oxygen atoms in total. The number of nitro benzene ring substituents is 1. The molecule has 2 rings (SSSR count). The van der Waals surface area contributed by atoms with E-state index in [0.717, 1.165) is 13.1 Å². The van der Waals surface area contributed by atoms with Crippen LogP contribution in [0.1, 0.15) is 32.3 Å². The Labute approximate surface area is 153 Å². The number of alkyl halides is 5. The molecule has 1 aromatic rings. The summed E-state index contributed by atoms with van der Waals surface area (Å²) in [6.45, 7) is 5.56. The molecule has 0 aromatic heterocycles. The Morgan fingerprint density at radius 3 is 2.30 bits per heavy atom. The first-order valence-corrected chi connectivity index (χ1v) is 8.53. The van der Waals surface area contributed by atoms with Crippen molar-refractivity contribution in [1.29, 1.82) is 0 Å². The van der Waals surface area contributed by atoms with Crippen LogP contribution >= 0.6 is 0 Å². The summed E-state index contributed by atoms with van der Waals surface area (Å²) in [5.41, 5.74) is -2.03. The van der Waals surface area contributed by atoms with Crippen LogP contribution in [0.2, 0.25) is 0 Å². The van der Waals surface area contributed by atoms with Crippen LogP contribution in [0.15, 0.2) is 18.2 Å². The van der Waals surface area contributed by atoms with Crippen LogP contribution in [0.4, 0.5) is 27.6 Å². The second-order valence-corrected chi connectivity index (χ2v) is 6.89. The van der Waals surface area contributed by atoms with Gasteiger partial charge in [0.1, 0.15) is 5.75 Å². The summed E-state index contributed by atoms with van der Waals surface area (Å²) in [6.07, 6.45) is -4.42. The van der Waals surface area contributed by atoms with Crippen LogP contribution in [0.25, 0.3) is 0 Å². The zero-order valence-electron chi connectivity index (χ0n) is 14.9. The van der Waals surface area contributed by atoms with Gasteiger partial charge in [0, 0.05) is 12.1 Å². The quantitative estimate of drug-likeness (QED) is 0.396. The second-order valence-electron chi connectivity index (χ2n) is 6.89. The van der Waals surface area contributed by atoms with Gasteiger partial charge in [-0.1, -0.05) is 0 Å². The molecule has 1 aromatic carbocycles. The Bertz CT molecular complexity index is 671. The molecule has 0 radical (unpaired) electrons. The van der Waals surface area contributed by atoms with Crippen molar-refractivity contribution in [3.05, 3.63) is 33.9 Å². The van der Waals surface area contributed by atoms with E-state index >= 15 is 0 Å². The van der Waals surface area contributed by atoms with Crippen LogP contribution in [0, 0.1) is 16.0 Å². The van der Waals surface area contributed by atoms with E-state index in [1.54, 1.807) is 0 Å². The monoisotopic (exact) mass is 396 g/mol. The van der Waals surface area contributed by atoms with Crippen molar-refractivity contribution in [2.75, 3.05) is 19.7 Å². The Kier molecular flexibility index (Phi) is 6.28. The van der Waals surface area contributed by atoms with Crippen LogP contribution in [-0.2, 0) is 5.92 Å². The third kappa shape index (κ3) is 4.85. The smallest absolute Gasteiger partial charge is 0.458 e. The fourth-order valence-electron chi connectivity index (χ4n) is 3.00. The molecule has 0 N–H and O–H groups in total. The lowest BCUT2D eigenvalue weighted by atomic mass is 9.97. The molecule has 10 heteroatoms. The number of hydrogen-bond donors (Lipinski definition) is 0. The van der Waals surface area contributed by atoms with E-state index in [9.17, 15) is 32.1 Å². The van der Waals surface area contributed by atoms with Gasteiger partial charge in [-0.2, -0.15) is 22.0 Å². The third-order valence-electron chi connectivity index (χ3n) is 4.72.